The smallest absolute Gasteiger partial charge is 0.237 e. The number of carbonyl (C=O) groups excluding carboxylic acids is 1. The van der Waals surface area contributed by atoms with Crippen LogP contribution in [0.1, 0.15) is 30.9 Å². The maximum absolute atomic E-state index is 12.4. The van der Waals surface area contributed by atoms with Gasteiger partial charge in [-0.05, 0) is 37.3 Å². The number of nitrogens with one attached hydrogen (secondary N) is 1. The van der Waals surface area contributed by atoms with Gasteiger partial charge in [0.2, 0.25) is 15.9 Å². The van der Waals surface area contributed by atoms with Gasteiger partial charge in [-0.3, -0.25) is 9.69 Å². The van der Waals surface area contributed by atoms with Crippen LogP contribution < -0.4 is 5.32 Å². The predicted molar refractivity (Wildman–Crippen MR) is 97.6 cm³/mol. The second-order valence-corrected chi connectivity index (χ2v) is 8.97. The maximum atomic E-state index is 12.4. The highest BCUT2D eigenvalue weighted by Gasteiger charge is 2.27. The Bertz CT molecular complexity index is 714. The Kier molecular flexibility index (Phi) is 5.76. The Morgan fingerprint density at radius 1 is 1.16 bits per heavy atom. The molecule has 1 saturated heterocycles. The van der Waals surface area contributed by atoms with E-state index in [1.54, 1.807) is 0 Å². The zero-order valence-electron chi connectivity index (χ0n) is 14.8. The summed E-state index contributed by atoms with van der Waals surface area (Å²) in [5.74, 6) is -0.120. The van der Waals surface area contributed by atoms with Crippen LogP contribution in [0.4, 0.5) is 0 Å². The molecular formula is C18H27N3O3S. The first-order valence-electron chi connectivity index (χ1n) is 9.04. The van der Waals surface area contributed by atoms with Crippen LogP contribution in [0.5, 0.6) is 0 Å². The van der Waals surface area contributed by atoms with Crippen LogP contribution in [0.25, 0.3) is 0 Å². The normalized spacial score (nSPS) is 20.2. The van der Waals surface area contributed by atoms with Crippen LogP contribution in [0.3, 0.4) is 0 Å². The van der Waals surface area contributed by atoms with E-state index < -0.39 is 10.0 Å². The summed E-state index contributed by atoms with van der Waals surface area (Å²) in [5, 5.41) is 2.80. The standard InChI is InChI=1S/C18H27N3O3S/c1-15(20-12-8-16-6-2-3-7-17(16)14-20)18(22)19-9-13-25(23,24)21-10-4-5-11-21/h2-3,6-7,15H,4-5,8-14H2,1H3,(H,19,22)/t15-/m1/s1. The van der Waals surface area contributed by atoms with Crippen molar-refractivity contribution >= 4 is 15.9 Å². The number of nitrogens with zero attached hydrogens (tertiary/aromatic N) is 2. The second-order valence-electron chi connectivity index (χ2n) is 6.88. The molecule has 3 rings (SSSR count). The first-order valence-corrected chi connectivity index (χ1v) is 10.6. The lowest BCUT2D eigenvalue weighted by Crippen LogP contribution is -2.48. The van der Waals surface area contributed by atoms with E-state index in [9.17, 15) is 13.2 Å². The molecule has 0 aromatic heterocycles. The average Bonchev–Trinajstić information content (AvgIpc) is 3.16. The second kappa shape index (κ2) is 7.85. The Labute approximate surface area is 150 Å². The molecule has 6 nitrogen and oxygen atoms in total. The molecule has 138 valence electrons. The van der Waals surface area contributed by atoms with E-state index in [0.717, 1.165) is 32.4 Å². The molecule has 1 atom stereocenters. The van der Waals surface area contributed by atoms with E-state index in [0.29, 0.717) is 13.1 Å². The fourth-order valence-corrected chi connectivity index (χ4v) is 4.99. The Morgan fingerprint density at radius 2 is 1.84 bits per heavy atom. The van der Waals surface area contributed by atoms with Gasteiger partial charge in [-0.2, -0.15) is 0 Å². The molecule has 1 aromatic carbocycles. The summed E-state index contributed by atoms with van der Waals surface area (Å²) in [6.45, 7) is 4.89. The predicted octanol–water partition coefficient (Wildman–Crippen LogP) is 0.975. The summed E-state index contributed by atoms with van der Waals surface area (Å²) in [4.78, 5) is 14.5. The van der Waals surface area contributed by atoms with E-state index >= 15 is 0 Å². The van der Waals surface area contributed by atoms with Crippen molar-refractivity contribution in [1.29, 1.82) is 0 Å². The number of benzene rings is 1. The molecule has 1 fully saturated rings. The van der Waals surface area contributed by atoms with Crippen molar-refractivity contribution in [3.63, 3.8) is 0 Å². The third kappa shape index (κ3) is 4.40. The van der Waals surface area contributed by atoms with Crippen LogP contribution in [-0.4, -0.2) is 61.5 Å². The van der Waals surface area contributed by atoms with E-state index in [2.05, 4.69) is 22.3 Å². The molecule has 1 amide bonds. The fraction of sp³-hybridized carbons (Fsp3) is 0.611. The molecule has 0 aliphatic carbocycles. The van der Waals surface area contributed by atoms with Crippen LogP contribution in [0.2, 0.25) is 0 Å². The van der Waals surface area contributed by atoms with Crippen LogP contribution in [-0.2, 0) is 27.8 Å². The summed E-state index contributed by atoms with van der Waals surface area (Å²) in [5.41, 5.74) is 2.62. The molecule has 0 spiro atoms. The van der Waals surface area contributed by atoms with Crippen molar-refractivity contribution in [2.75, 3.05) is 31.9 Å². The number of fused-ring (bicyclic) bond motifs is 1. The van der Waals surface area contributed by atoms with Gasteiger partial charge in [0.1, 0.15) is 0 Å². The minimum Gasteiger partial charge on any atom is -0.354 e. The minimum absolute atomic E-state index is 0.0196. The number of hydrogen-bond donors (Lipinski definition) is 1. The van der Waals surface area contributed by atoms with Crippen molar-refractivity contribution in [2.24, 2.45) is 0 Å². The minimum atomic E-state index is -3.24. The van der Waals surface area contributed by atoms with Gasteiger partial charge in [-0.15, -0.1) is 0 Å². The highest BCUT2D eigenvalue weighted by molar-refractivity contribution is 7.89. The van der Waals surface area contributed by atoms with E-state index in [4.69, 9.17) is 0 Å². The van der Waals surface area contributed by atoms with Gasteiger partial charge in [-0.1, -0.05) is 24.3 Å². The zero-order chi connectivity index (χ0) is 17.9. The summed E-state index contributed by atoms with van der Waals surface area (Å²) in [6, 6.07) is 8.06. The van der Waals surface area contributed by atoms with Gasteiger partial charge in [0.25, 0.3) is 0 Å². The summed E-state index contributed by atoms with van der Waals surface area (Å²) in [7, 11) is -3.24. The van der Waals surface area contributed by atoms with E-state index in [1.807, 2.05) is 19.1 Å². The first-order chi connectivity index (χ1) is 12.0. The largest absolute Gasteiger partial charge is 0.354 e. The van der Waals surface area contributed by atoms with Gasteiger partial charge in [-0.25, -0.2) is 12.7 Å². The summed E-state index contributed by atoms with van der Waals surface area (Å²) < 4.78 is 25.9. The number of sulfonamides is 1. The van der Waals surface area contributed by atoms with Gasteiger partial charge < -0.3 is 5.32 Å². The number of amides is 1. The molecule has 2 aliphatic heterocycles. The molecule has 0 radical (unpaired) electrons. The van der Waals surface area contributed by atoms with Crippen molar-refractivity contribution in [1.82, 2.24) is 14.5 Å². The molecule has 2 heterocycles. The highest BCUT2D eigenvalue weighted by Crippen LogP contribution is 2.20. The van der Waals surface area contributed by atoms with Crippen LogP contribution >= 0.6 is 0 Å². The zero-order valence-corrected chi connectivity index (χ0v) is 15.6. The Balaban J connectivity index is 1.48. The van der Waals surface area contributed by atoms with Crippen molar-refractivity contribution in [2.45, 2.75) is 38.8 Å². The molecule has 1 N–H and O–H groups in total. The molecule has 0 unspecified atom stereocenters. The average molecular weight is 365 g/mol. The van der Waals surface area contributed by atoms with Crippen molar-refractivity contribution in [3.05, 3.63) is 35.4 Å². The summed E-state index contributed by atoms with van der Waals surface area (Å²) in [6.07, 6.45) is 2.80. The molecule has 25 heavy (non-hydrogen) atoms. The molecule has 0 bridgehead atoms. The molecular weight excluding hydrogens is 338 g/mol. The van der Waals surface area contributed by atoms with E-state index in [1.165, 1.54) is 15.4 Å². The van der Waals surface area contributed by atoms with Crippen molar-refractivity contribution < 1.29 is 13.2 Å². The topological polar surface area (TPSA) is 69.7 Å². The van der Waals surface area contributed by atoms with Gasteiger partial charge in [0, 0.05) is 32.7 Å². The first kappa shape index (κ1) is 18.4. The highest BCUT2D eigenvalue weighted by atomic mass is 32.2. The summed E-state index contributed by atoms with van der Waals surface area (Å²) >= 11 is 0. The fourth-order valence-electron chi connectivity index (χ4n) is 3.56. The molecule has 1 aromatic rings. The quantitative estimate of drug-likeness (QED) is 0.816. The van der Waals surface area contributed by atoms with Crippen LogP contribution in [0.15, 0.2) is 24.3 Å². The molecule has 2 aliphatic rings. The lowest BCUT2D eigenvalue weighted by Gasteiger charge is -2.32. The monoisotopic (exact) mass is 365 g/mol. The number of carbonyl (C=O) groups is 1. The van der Waals surface area contributed by atoms with Gasteiger partial charge >= 0.3 is 0 Å². The maximum Gasteiger partial charge on any atom is 0.237 e. The van der Waals surface area contributed by atoms with Gasteiger partial charge in [0.15, 0.2) is 0 Å². The number of rotatable bonds is 6. The number of hydrogen-bond acceptors (Lipinski definition) is 4. The Hall–Kier alpha value is -1.44. The van der Waals surface area contributed by atoms with E-state index in [-0.39, 0.29) is 24.2 Å². The lowest BCUT2D eigenvalue weighted by atomic mass is 9.99. The SMILES string of the molecule is C[C@H](C(=O)NCCS(=O)(=O)N1CCCC1)N1CCc2ccccc2C1. The molecule has 7 heteroatoms. The molecule has 0 saturated carbocycles. The third-order valence-corrected chi connectivity index (χ3v) is 7.08. The lowest BCUT2D eigenvalue weighted by molar-refractivity contribution is -0.126. The third-order valence-electron chi connectivity index (χ3n) is 5.21. The Morgan fingerprint density at radius 3 is 2.56 bits per heavy atom. The van der Waals surface area contributed by atoms with Crippen molar-refractivity contribution in [3.8, 4) is 0 Å². The van der Waals surface area contributed by atoms with Gasteiger partial charge in [0.05, 0.1) is 11.8 Å². The van der Waals surface area contributed by atoms with Crippen LogP contribution in [0, 0.1) is 0 Å².